The van der Waals surface area contributed by atoms with Gasteiger partial charge in [0.05, 0.1) is 0 Å². The van der Waals surface area contributed by atoms with Gasteiger partial charge in [-0.05, 0) is 30.8 Å². The van der Waals surface area contributed by atoms with Gasteiger partial charge in [0, 0.05) is 18.1 Å². The molecule has 0 fully saturated rings. The number of nitrogens with one attached hydrogen (secondary N) is 1. The SMILES string of the molecule is Cc1cc(Sc2ncccn2)nc(NN)n1. The molecule has 0 aromatic carbocycles. The Bertz CT molecular complexity index is 475. The smallest absolute Gasteiger partial charge is 0.238 e. The van der Waals surface area contributed by atoms with E-state index < -0.39 is 0 Å². The predicted molar refractivity (Wildman–Crippen MR) is 60.7 cm³/mol. The highest BCUT2D eigenvalue weighted by atomic mass is 32.2. The maximum absolute atomic E-state index is 5.27. The largest absolute Gasteiger partial charge is 0.292 e. The zero-order valence-electron chi connectivity index (χ0n) is 8.58. The zero-order valence-corrected chi connectivity index (χ0v) is 9.40. The van der Waals surface area contributed by atoms with Gasteiger partial charge >= 0.3 is 0 Å². The Kier molecular flexibility index (Phi) is 3.28. The van der Waals surface area contributed by atoms with Crippen molar-refractivity contribution >= 4 is 17.7 Å². The molecule has 0 amide bonds. The van der Waals surface area contributed by atoms with Crippen molar-refractivity contribution < 1.29 is 0 Å². The second kappa shape index (κ2) is 4.86. The second-order valence-corrected chi connectivity index (χ2v) is 3.94. The Morgan fingerprint density at radius 3 is 2.69 bits per heavy atom. The van der Waals surface area contributed by atoms with E-state index in [1.54, 1.807) is 18.5 Å². The monoisotopic (exact) mass is 234 g/mol. The van der Waals surface area contributed by atoms with Gasteiger partial charge in [0.25, 0.3) is 0 Å². The van der Waals surface area contributed by atoms with E-state index in [1.807, 2.05) is 13.0 Å². The van der Waals surface area contributed by atoms with Crippen molar-refractivity contribution in [3.05, 3.63) is 30.2 Å². The Hall–Kier alpha value is -1.73. The van der Waals surface area contributed by atoms with Crippen LogP contribution in [-0.2, 0) is 0 Å². The maximum Gasteiger partial charge on any atom is 0.238 e. The number of aryl methyl sites for hydroxylation is 1. The fourth-order valence-corrected chi connectivity index (χ4v) is 1.86. The summed E-state index contributed by atoms with van der Waals surface area (Å²) in [6.45, 7) is 1.87. The molecule has 2 heterocycles. The van der Waals surface area contributed by atoms with Gasteiger partial charge in [0.1, 0.15) is 5.03 Å². The number of rotatable bonds is 3. The summed E-state index contributed by atoms with van der Waals surface area (Å²) in [5.41, 5.74) is 3.25. The lowest BCUT2D eigenvalue weighted by atomic mass is 10.5. The number of nitrogen functional groups attached to an aromatic ring is 1. The van der Waals surface area contributed by atoms with Crippen molar-refractivity contribution in [1.82, 2.24) is 19.9 Å². The Balaban J connectivity index is 2.24. The summed E-state index contributed by atoms with van der Waals surface area (Å²) >= 11 is 1.36. The fourth-order valence-electron chi connectivity index (χ4n) is 1.09. The van der Waals surface area contributed by atoms with E-state index in [-0.39, 0.29) is 0 Å². The lowest BCUT2D eigenvalue weighted by molar-refractivity contribution is 0.948. The van der Waals surface area contributed by atoms with Crippen molar-refractivity contribution in [2.45, 2.75) is 17.1 Å². The van der Waals surface area contributed by atoms with Crippen molar-refractivity contribution in [3.8, 4) is 0 Å². The molecule has 0 atom stereocenters. The molecule has 0 saturated heterocycles. The summed E-state index contributed by atoms with van der Waals surface area (Å²) in [6.07, 6.45) is 3.37. The Morgan fingerprint density at radius 2 is 2.00 bits per heavy atom. The lowest BCUT2D eigenvalue weighted by Crippen LogP contribution is -2.11. The van der Waals surface area contributed by atoms with Crippen LogP contribution < -0.4 is 11.3 Å². The quantitative estimate of drug-likeness (QED) is 0.354. The molecule has 0 radical (unpaired) electrons. The topological polar surface area (TPSA) is 89.6 Å². The van der Waals surface area contributed by atoms with Gasteiger partial charge in [-0.1, -0.05) is 0 Å². The van der Waals surface area contributed by atoms with Gasteiger partial charge in [-0.25, -0.2) is 25.8 Å². The predicted octanol–water partition coefficient (Wildman–Crippen LogP) is 1.01. The molecule has 2 rings (SSSR count). The van der Waals surface area contributed by atoms with E-state index in [9.17, 15) is 0 Å². The minimum absolute atomic E-state index is 0.387. The van der Waals surface area contributed by atoms with Crippen LogP contribution in [-0.4, -0.2) is 19.9 Å². The molecule has 16 heavy (non-hydrogen) atoms. The molecule has 2 aromatic heterocycles. The van der Waals surface area contributed by atoms with Crippen LogP contribution >= 0.6 is 11.8 Å². The van der Waals surface area contributed by atoms with E-state index in [0.29, 0.717) is 11.1 Å². The standard InChI is InChI=1S/C9H10N6S/c1-6-5-7(14-8(13-6)15-10)16-9-11-3-2-4-12-9/h2-5H,10H2,1H3,(H,13,14,15). The molecule has 0 saturated carbocycles. The van der Waals surface area contributed by atoms with Crippen LogP contribution in [0.25, 0.3) is 0 Å². The summed E-state index contributed by atoms with van der Waals surface area (Å²) in [5.74, 6) is 5.65. The van der Waals surface area contributed by atoms with Crippen LogP contribution in [0.3, 0.4) is 0 Å². The average Bonchev–Trinajstić information content (AvgIpc) is 2.29. The average molecular weight is 234 g/mol. The van der Waals surface area contributed by atoms with Crippen LogP contribution in [0, 0.1) is 6.92 Å². The number of hydrogen-bond donors (Lipinski definition) is 2. The minimum Gasteiger partial charge on any atom is -0.292 e. The third kappa shape index (κ3) is 2.65. The minimum atomic E-state index is 0.387. The summed E-state index contributed by atoms with van der Waals surface area (Å²) in [7, 11) is 0. The zero-order chi connectivity index (χ0) is 11.4. The van der Waals surface area contributed by atoms with Gasteiger partial charge < -0.3 is 0 Å². The molecule has 0 aliphatic carbocycles. The molecule has 3 N–H and O–H groups in total. The summed E-state index contributed by atoms with van der Waals surface area (Å²) in [4.78, 5) is 16.5. The van der Waals surface area contributed by atoms with E-state index in [4.69, 9.17) is 5.84 Å². The molecular formula is C9H10N6S. The van der Waals surface area contributed by atoms with Gasteiger partial charge in [-0.3, -0.25) is 5.43 Å². The molecule has 0 aliphatic heterocycles. The van der Waals surface area contributed by atoms with E-state index in [1.165, 1.54) is 11.8 Å². The Labute approximate surface area is 96.7 Å². The molecule has 0 spiro atoms. The van der Waals surface area contributed by atoms with Gasteiger partial charge in [-0.15, -0.1) is 0 Å². The summed E-state index contributed by atoms with van der Waals surface area (Å²) in [6, 6.07) is 3.62. The highest BCUT2D eigenvalue weighted by Gasteiger charge is 2.04. The number of hydrazine groups is 1. The molecule has 6 nitrogen and oxygen atoms in total. The van der Waals surface area contributed by atoms with Crippen molar-refractivity contribution in [1.29, 1.82) is 0 Å². The molecule has 0 unspecified atom stereocenters. The highest BCUT2D eigenvalue weighted by molar-refractivity contribution is 7.99. The molecule has 0 aliphatic rings. The Morgan fingerprint density at radius 1 is 1.25 bits per heavy atom. The number of aromatic nitrogens is 4. The number of hydrogen-bond acceptors (Lipinski definition) is 7. The van der Waals surface area contributed by atoms with Crippen molar-refractivity contribution in [2.24, 2.45) is 5.84 Å². The van der Waals surface area contributed by atoms with Gasteiger partial charge in [0.2, 0.25) is 5.95 Å². The molecule has 0 bridgehead atoms. The maximum atomic E-state index is 5.27. The normalized spacial score (nSPS) is 10.1. The van der Waals surface area contributed by atoms with Crippen LogP contribution in [0.5, 0.6) is 0 Å². The third-order valence-electron chi connectivity index (χ3n) is 1.70. The van der Waals surface area contributed by atoms with Gasteiger partial charge in [-0.2, -0.15) is 0 Å². The first-order valence-corrected chi connectivity index (χ1v) is 5.37. The molecule has 82 valence electrons. The third-order valence-corrected chi connectivity index (χ3v) is 2.51. The van der Waals surface area contributed by atoms with Gasteiger partial charge in [0.15, 0.2) is 5.16 Å². The van der Waals surface area contributed by atoms with Crippen LogP contribution in [0.15, 0.2) is 34.7 Å². The van der Waals surface area contributed by atoms with E-state index in [2.05, 4.69) is 25.4 Å². The number of anilines is 1. The lowest BCUT2D eigenvalue weighted by Gasteiger charge is -2.03. The first-order valence-electron chi connectivity index (χ1n) is 4.55. The number of nitrogens with zero attached hydrogens (tertiary/aromatic N) is 4. The summed E-state index contributed by atoms with van der Waals surface area (Å²) in [5, 5.41) is 1.40. The molecular weight excluding hydrogens is 224 g/mol. The number of nitrogens with two attached hydrogens (primary N) is 1. The highest BCUT2D eigenvalue weighted by Crippen LogP contribution is 2.22. The van der Waals surface area contributed by atoms with Crippen molar-refractivity contribution in [3.63, 3.8) is 0 Å². The fraction of sp³-hybridized carbons (Fsp3) is 0.111. The first kappa shape index (κ1) is 10.8. The molecule has 2 aromatic rings. The molecule has 7 heteroatoms. The summed E-state index contributed by atoms with van der Waals surface area (Å²) < 4.78 is 0. The van der Waals surface area contributed by atoms with E-state index in [0.717, 1.165) is 10.7 Å². The van der Waals surface area contributed by atoms with Crippen LogP contribution in [0.4, 0.5) is 5.95 Å². The van der Waals surface area contributed by atoms with Crippen LogP contribution in [0.2, 0.25) is 0 Å². The van der Waals surface area contributed by atoms with E-state index >= 15 is 0 Å². The van der Waals surface area contributed by atoms with Crippen molar-refractivity contribution in [2.75, 3.05) is 5.43 Å². The first-order chi connectivity index (χ1) is 7.78. The van der Waals surface area contributed by atoms with Crippen LogP contribution in [0.1, 0.15) is 5.69 Å². The second-order valence-electron chi connectivity index (χ2n) is 2.95.